The van der Waals surface area contributed by atoms with Gasteiger partial charge in [0.2, 0.25) is 0 Å². The van der Waals surface area contributed by atoms with Gasteiger partial charge < -0.3 is 24.6 Å². The van der Waals surface area contributed by atoms with Crippen LogP contribution in [0.1, 0.15) is 36.5 Å². The van der Waals surface area contributed by atoms with E-state index in [-0.39, 0.29) is 19.1 Å². The number of aromatic amines is 1. The summed E-state index contributed by atoms with van der Waals surface area (Å²) in [5.74, 6) is 0.804. The lowest BCUT2D eigenvalue weighted by Gasteiger charge is -2.22. The number of nitrogens with one attached hydrogen (secondary N) is 2. The van der Waals surface area contributed by atoms with Crippen molar-refractivity contribution in [1.29, 1.82) is 0 Å². The summed E-state index contributed by atoms with van der Waals surface area (Å²) in [5, 5.41) is 7.87. The zero-order valence-electron chi connectivity index (χ0n) is 19.9. The highest BCUT2D eigenvalue weighted by atomic mass is 19.4. The first-order valence-corrected chi connectivity index (χ1v) is 11.7. The molecule has 0 unspecified atom stereocenters. The highest BCUT2D eigenvalue weighted by Gasteiger charge is 2.29. The van der Waals surface area contributed by atoms with Crippen molar-refractivity contribution in [3.8, 4) is 5.75 Å². The smallest absolute Gasteiger partial charge is 0.416 e. The van der Waals surface area contributed by atoms with Gasteiger partial charge in [0.05, 0.1) is 11.3 Å². The zero-order valence-corrected chi connectivity index (χ0v) is 19.9. The average Bonchev–Trinajstić information content (AvgIpc) is 3.30. The number of nitrogens with zero attached hydrogens (tertiary/aromatic N) is 1. The maximum Gasteiger partial charge on any atom is 0.416 e. The van der Waals surface area contributed by atoms with E-state index in [1.807, 2.05) is 12.1 Å². The molecule has 1 aliphatic heterocycles. The molecule has 4 rings (SSSR count). The van der Waals surface area contributed by atoms with E-state index in [0.717, 1.165) is 54.7 Å². The lowest BCUT2D eigenvalue weighted by molar-refractivity contribution is -0.137. The monoisotopic (exact) mass is 503 g/mol. The molecule has 1 saturated heterocycles. The SMILES string of the molecule is CC(=NOCc1ccc(C(F)(F)F)cc1)c1c[nH]c2ccc(OCC(=O)NCC3CCOCC3)cc12. The minimum Gasteiger partial charge on any atom is -0.484 e. The quantitative estimate of drug-likeness (QED) is 0.316. The Balaban J connectivity index is 1.32. The van der Waals surface area contributed by atoms with E-state index in [0.29, 0.717) is 29.5 Å². The first kappa shape index (κ1) is 25.6. The fraction of sp³-hybridized carbons (Fsp3) is 0.385. The molecule has 2 N–H and O–H groups in total. The Morgan fingerprint density at radius 2 is 1.92 bits per heavy atom. The molecule has 1 aliphatic rings. The van der Waals surface area contributed by atoms with E-state index in [9.17, 15) is 18.0 Å². The number of carbonyl (C=O) groups is 1. The van der Waals surface area contributed by atoms with E-state index in [1.54, 1.807) is 19.2 Å². The van der Waals surface area contributed by atoms with Crippen molar-refractivity contribution in [2.24, 2.45) is 11.1 Å². The van der Waals surface area contributed by atoms with Crippen molar-refractivity contribution in [2.45, 2.75) is 32.5 Å². The largest absolute Gasteiger partial charge is 0.484 e. The Labute approximate surface area is 206 Å². The number of ether oxygens (including phenoxy) is 2. The topological polar surface area (TPSA) is 84.9 Å². The van der Waals surface area contributed by atoms with Crippen LogP contribution in [-0.2, 0) is 27.2 Å². The third-order valence-corrected chi connectivity index (χ3v) is 6.06. The molecule has 1 fully saturated rings. The Morgan fingerprint density at radius 1 is 1.17 bits per heavy atom. The number of halogens is 3. The molecule has 2 heterocycles. The number of H-pyrrole nitrogens is 1. The van der Waals surface area contributed by atoms with Crippen molar-refractivity contribution in [3.05, 3.63) is 65.4 Å². The van der Waals surface area contributed by atoms with E-state index in [1.165, 1.54) is 12.1 Å². The molecule has 0 spiro atoms. The van der Waals surface area contributed by atoms with Gasteiger partial charge >= 0.3 is 6.18 Å². The van der Waals surface area contributed by atoms with Crippen molar-refractivity contribution in [1.82, 2.24) is 10.3 Å². The number of oxime groups is 1. The second kappa shape index (κ2) is 11.5. The number of hydrogen-bond acceptors (Lipinski definition) is 5. The Bertz CT molecular complexity index is 1200. The molecule has 192 valence electrons. The van der Waals surface area contributed by atoms with Gasteiger partial charge in [0.1, 0.15) is 12.4 Å². The second-order valence-corrected chi connectivity index (χ2v) is 8.70. The fourth-order valence-electron chi connectivity index (χ4n) is 3.94. The van der Waals surface area contributed by atoms with Crippen LogP contribution in [0, 0.1) is 5.92 Å². The first-order chi connectivity index (χ1) is 17.3. The number of benzene rings is 2. The summed E-state index contributed by atoms with van der Waals surface area (Å²) in [4.78, 5) is 20.7. The minimum absolute atomic E-state index is 0.0369. The molecule has 0 aliphatic carbocycles. The molecular formula is C26H28F3N3O4. The van der Waals surface area contributed by atoms with Gasteiger partial charge in [-0.2, -0.15) is 13.2 Å². The summed E-state index contributed by atoms with van der Waals surface area (Å²) in [6.07, 6.45) is -0.692. The Morgan fingerprint density at radius 3 is 2.64 bits per heavy atom. The van der Waals surface area contributed by atoms with E-state index < -0.39 is 11.7 Å². The maximum absolute atomic E-state index is 12.7. The van der Waals surface area contributed by atoms with Crippen LogP contribution >= 0.6 is 0 Å². The third kappa shape index (κ3) is 6.78. The van der Waals surface area contributed by atoms with Gasteiger partial charge in [-0.1, -0.05) is 17.3 Å². The van der Waals surface area contributed by atoms with Gasteiger partial charge in [0, 0.05) is 42.4 Å². The molecule has 36 heavy (non-hydrogen) atoms. The van der Waals surface area contributed by atoms with Gasteiger partial charge in [-0.15, -0.1) is 0 Å². The Hall–Kier alpha value is -3.53. The van der Waals surface area contributed by atoms with Gasteiger partial charge in [-0.05, 0) is 61.6 Å². The number of hydrogen-bond donors (Lipinski definition) is 2. The predicted octanol–water partition coefficient (Wildman–Crippen LogP) is 5.05. The number of amides is 1. The predicted molar refractivity (Wildman–Crippen MR) is 129 cm³/mol. The molecule has 0 saturated carbocycles. The Kier molecular flexibility index (Phi) is 8.14. The van der Waals surface area contributed by atoms with Gasteiger partial charge in [0.15, 0.2) is 6.61 Å². The third-order valence-electron chi connectivity index (χ3n) is 6.06. The molecule has 7 nitrogen and oxygen atoms in total. The molecule has 10 heteroatoms. The molecule has 3 aromatic rings. The van der Waals surface area contributed by atoms with E-state index in [4.69, 9.17) is 14.3 Å². The number of carbonyl (C=O) groups excluding carboxylic acids is 1. The van der Waals surface area contributed by atoms with Crippen molar-refractivity contribution >= 4 is 22.5 Å². The average molecular weight is 504 g/mol. The summed E-state index contributed by atoms with van der Waals surface area (Å²) in [5.41, 5.74) is 2.09. The number of aromatic nitrogens is 1. The van der Waals surface area contributed by atoms with Crippen LogP contribution in [-0.4, -0.2) is 43.0 Å². The molecule has 1 amide bonds. The van der Waals surface area contributed by atoms with Crippen LogP contribution in [0.15, 0.2) is 53.8 Å². The van der Waals surface area contributed by atoms with Gasteiger partial charge in [-0.25, -0.2) is 0 Å². The van der Waals surface area contributed by atoms with Gasteiger partial charge in [-0.3, -0.25) is 4.79 Å². The summed E-state index contributed by atoms with van der Waals surface area (Å²) >= 11 is 0. The van der Waals surface area contributed by atoms with E-state index in [2.05, 4.69) is 15.5 Å². The summed E-state index contributed by atoms with van der Waals surface area (Å²) in [6.45, 7) is 3.81. The summed E-state index contributed by atoms with van der Waals surface area (Å²) in [7, 11) is 0. The van der Waals surface area contributed by atoms with Crippen molar-refractivity contribution < 1.29 is 32.3 Å². The zero-order chi connectivity index (χ0) is 25.5. The van der Waals surface area contributed by atoms with Gasteiger partial charge in [0.25, 0.3) is 5.91 Å². The highest BCUT2D eigenvalue weighted by molar-refractivity contribution is 6.09. The molecule has 1 aromatic heterocycles. The van der Waals surface area contributed by atoms with Crippen LogP contribution in [0.25, 0.3) is 10.9 Å². The standard InChI is InChI=1S/C26H28F3N3O4/c1-17(32-36-15-19-2-4-20(5-3-19)26(27,28)29)23-14-30-24-7-6-21(12-22(23)24)35-16-25(33)31-13-18-8-10-34-11-9-18/h2-7,12,14,18,30H,8-11,13,15-16H2,1H3,(H,31,33). The van der Waals surface area contributed by atoms with Crippen LogP contribution in [0.3, 0.4) is 0 Å². The number of rotatable bonds is 9. The van der Waals surface area contributed by atoms with Crippen molar-refractivity contribution in [3.63, 3.8) is 0 Å². The molecule has 2 aromatic carbocycles. The molecular weight excluding hydrogens is 475 g/mol. The lowest BCUT2D eigenvalue weighted by atomic mass is 10.0. The van der Waals surface area contributed by atoms with Crippen LogP contribution in [0.2, 0.25) is 0 Å². The second-order valence-electron chi connectivity index (χ2n) is 8.70. The molecule has 0 atom stereocenters. The van der Waals surface area contributed by atoms with Crippen LogP contribution < -0.4 is 10.1 Å². The number of fused-ring (bicyclic) bond motifs is 1. The van der Waals surface area contributed by atoms with Crippen LogP contribution in [0.5, 0.6) is 5.75 Å². The summed E-state index contributed by atoms with van der Waals surface area (Å²) < 4.78 is 49.1. The lowest BCUT2D eigenvalue weighted by Crippen LogP contribution is -2.35. The molecule has 0 bridgehead atoms. The first-order valence-electron chi connectivity index (χ1n) is 11.7. The van der Waals surface area contributed by atoms with Crippen LogP contribution in [0.4, 0.5) is 13.2 Å². The summed E-state index contributed by atoms with van der Waals surface area (Å²) in [6, 6.07) is 10.2. The highest BCUT2D eigenvalue weighted by Crippen LogP contribution is 2.29. The maximum atomic E-state index is 12.7. The fourth-order valence-corrected chi connectivity index (χ4v) is 3.94. The van der Waals surface area contributed by atoms with Crippen molar-refractivity contribution in [2.75, 3.05) is 26.4 Å². The normalized spacial score (nSPS) is 15.2. The van der Waals surface area contributed by atoms with E-state index >= 15 is 0 Å². The molecule has 0 radical (unpaired) electrons. The minimum atomic E-state index is -4.37. The number of alkyl halides is 3.